The van der Waals surface area contributed by atoms with Crippen LogP contribution in [-0.2, 0) is 29.1 Å². The van der Waals surface area contributed by atoms with Crippen LogP contribution < -0.4 is 24.8 Å². The number of pyridine rings is 1. The van der Waals surface area contributed by atoms with Crippen molar-refractivity contribution in [3.05, 3.63) is 42.6 Å². The minimum Gasteiger partial charge on any atom is -0.489 e. The lowest BCUT2D eigenvalue weighted by molar-refractivity contribution is -0.142. The Balaban J connectivity index is 1.32. The zero-order chi connectivity index (χ0) is 38.1. The summed E-state index contributed by atoms with van der Waals surface area (Å²) in [6.07, 6.45) is 6.14. The van der Waals surface area contributed by atoms with Crippen LogP contribution in [0.2, 0.25) is 0 Å². The fourth-order valence-electron chi connectivity index (χ4n) is 7.47. The van der Waals surface area contributed by atoms with Gasteiger partial charge >= 0.3 is 6.09 Å². The number of hydrogen-bond acceptors (Lipinski definition) is 10. The third-order valence-electron chi connectivity index (χ3n) is 11.1. The van der Waals surface area contributed by atoms with Gasteiger partial charge in [0.1, 0.15) is 36.1 Å². The first-order chi connectivity index (χ1) is 25.2. The molecular weight excluding hydrogens is 706 g/mol. The molecule has 2 aromatic rings. The maximum absolute atomic E-state index is 14.4. The van der Waals surface area contributed by atoms with Gasteiger partial charge in [-0.15, -0.1) is 0 Å². The van der Waals surface area contributed by atoms with Crippen molar-refractivity contribution in [2.75, 3.05) is 26.9 Å². The topological polar surface area (TPSA) is 203 Å². The van der Waals surface area contributed by atoms with Gasteiger partial charge in [-0.3, -0.25) is 19.1 Å². The van der Waals surface area contributed by atoms with Gasteiger partial charge in [0.05, 0.1) is 24.1 Å². The molecule has 15 nitrogen and oxygen atoms in total. The molecule has 288 valence electrons. The number of ether oxygens (including phenoxy) is 3. The van der Waals surface area contributed by atoms with E-state index in [0.717, 1.165) is 11.8 Å². The van der Waals surface area contributed by atoms with Gasteiger partial charge in [0.15, 0.2) is 0 Å². The lowest BCUT2D eigenvalue weighted by Crippen LogP contribution is -2.59. The summed E-state index contributed by atoms with van der Waals surface area (Å²) in [6.45, 7) is 6.03. The van der Waals surface area contributed by atoms with E-state index in [1.165, 1.54) is 11.1 Å². The van der Waals surface area contributed by atoms with Gasteiger partial charge in [0.2, 0.25) is 27.7 Å². The number of carboxylic acid groups (broad SMARTS) is 1. The second-order valence-corrected chi connectivity index (χ2v) is 17.4. The van der Waals surface area contributed by atoms with Crippen LogP contribution in [-0.4, -0.2) is 103 Å². The zero-order valence-corrected chi connectivity index (χ0v) is 31.3. The molecule has 4 amide bonds. The van der Waals surface area contributed by atoms with E-state index in [0.29, 0.717) is 50.0 Å². The first kappa shape index (κ1) is 38.3. The molecule has 4 N–H and O–H groups in total. The molecule has 1 aromatic heterocycles. The molecule has 6 rings (SSSR count). The predicted molar refractivity (Wildman–Crippen MR) is 194 cm³/mol. The number of sulfonamides is 1. The van der Waals surface area contributed by atoms with Crippen molar-refractivity contribution in [1.82, 2.24) is 25.2 Å². The van der Waals surface area contributed by atoms with E-state index in [2.05, 4.69) is 20.3 Å². The molecule has 7 atom stereocenters. The molecule has 4 aliphatic rings. The number of nitrogens with zero attached hydrogens (tertiary/aromatic N) is 2. The van der Waals surface area contributed by atoms with E-state index < -0.39 is 74.1 Å². The maximum Gasteiger partial charge on any atom is 0.405 e. The van der Waals surface area contributed by atoms with Gasteiger partial charge in [-0.2, -0.15) is 0 Å². The average Bonchev–Trinajstić information content (AvgIpc) is 3.99. The number of amides is 4. The Kier molecular flexibility index (Phi) is 10.9. The van der Waals surface area contributed by atoms with E-state index in [9.17, 15) is 32.7 Å². The molecule has 53 heavy (non-hydrogen) atoms. The van der Waals surface area contributed by atoms with Gasteiger partial charge in [-0.05, 0) is 63.4 Å². The summed E-state index contributed by atoms with van der Waals surface area (Å²) in [6, 6.07) is 5.02. The van der Waals surface area contributed by atoms with Crippen molar-refractivity contribution >= 4 is 44.6 Å². The second-order valence-electron chi connectivity index (χ2n) is 15.2. The molecule has 2 aliphatic heterocycles. The van der Waals surface area contributed by atoms with Crippen LogP contribution in [0, 0.1) is 17.8 Å². The second kappa shape index (κ2) is 15.1. The highest BCUT2D eigenvalue weighted by Crippen LogP contribution is 2.47. The van der Waals surface area contributed by atoms with Gasteiger partial charge in [-0.25, -0.2) is 18.2 Å². The smallest absolute Gasteiger partial charge is 0.405 e. The van der Waals surface area contributed by atoms with Gasteiger partial charge < -0.3 is 34.9 Å². The van der Waals surface area contributed by atoms with E-state index in [1.807, 2.05) is 50.3 Å². The number of nitrogens with one attached hydrogen (secondary N) is 3. The molecule has 3 fully saturated rings. The molecule has 0 radical (unpaired) electrons. The summed E-state index contributed by atoms with van der Waals surface area (Å²) < 4.78 is 44.8. The van der Waals surface area contributed by atoms with Crippen molar-refractivity contribution in [1.29, 1.82) is 0 Å². The molecule has 2 saturated carbocycles. The standard InChI is InChI=1S/C37H49N5O10S/c1-22-9-5-6-10-24-19-37(24,34(45)41-53(48,49)36(3)13-14-36)40-31(43)28-18-25(21-42(28)33(44)30(23(2)17-22)39-35(46)47)52-32-27-12-8-7-11-26(27)29(20-38-32)51-16-15-50-4/h6-8,10-12,20,22-25,28,30,39H,5,9,13-19,21H2,1-4H3,(H,40,43)(H,41,45)(H,46,47)/b10-6-/t22-,23+,24+,25+,28-,30-,37+/m0/s1. The van der Waals surface area contributed by atoms with Crippen molar-refractivity contribution in [2.45, 2.75) is 94.2 Å². The SMILES string of the molecule is COCCOc1cnc(O[C@@H]2C[C@H]3C(=O)N[C@]4(C(=O)NS(=O)(=O)C5(C)CC5)C[C@H]4/C=C\CC[C@H](C)C[C@@H](C)[C@H](NC(=O)O)C(=O)N3C2)c2ccccc12. The molecule has 0 spiro atoms. The summed E-state index contributed by atoms with van der Waals surface area (Å²) in [7, 11) is -2.43. The molecular formula is C37H49N5O10S. The number of aromatic nitrogens is 1. The molecule has 1 aromatic carbocycles. The average molecular weight is 756 g/mol. The number of carbonyl (C=O) groups excluding carboxylic acids is 3. The zero-order valence-electron chi connectivity index (χ0n) is 30.5. The quantitative estimate of drug-likeness (QED) is 0.205. The van der Waals surface area contributed by atoms with Crippen LogP contribution in [0.3, 0.4) is 0 Å². The number of hydrogen-bond donors (Lipinski definition) is 4. The van der Waals surface area contributed by atoms with Crippen LogP contribution in [0.4, 0.5) is 4.79 Å². The summed E-state index contributed by atoms with van der Waals surface area (Å²) in [5.41, 5.74) is -1.55. The highest BCUT2D eigenvalue weighted by atomic mass is 32.2. The normalized spacial score (nSPS) is 30.5. The number of allylic oxidation sites excluding steroid dienone is 1. The number of methoxy groups -OCH3 is 1. The summed E-state index contributed by atoms with van der Waals surface area (Å²) in [5, 5.41) is 16.4. The molecule has 16 heteroatoms. The summed E-state index contributed by atoms with van der Waals surface area (Å²) in [4.78, 5) is 60.4. The van der Waals surface area contributed by atoms with Crippen molar-refractivity contribution < 1.29 is 46.9 Å². The molecule has 1 saturated heterocycles. The number of fused-ring (bicyclic) bond motifs is 3. The molecule has 0 bridgehead atoms. The monoisotopic (exact) mass is 755 g/mol. The highest BCUT2D eigenvalue weighted by molar-refractivity contribution is 7.91. The van der Waals surface area contributed by atoms with Crippen molar-refractivity contribution in [3.8, 4) is 11.6 Å². The number of rotatable bonds is 10. The van der Waals surface area contributed by atoms with Gasteiger partial charge in [0.25, 0.3) is 5.91 Å². The van der Waals surface area contributed by atoms with E-state index in [4.69, 9.17) is 14.2 Å². The minimum absolute atomic E-state index is 0.00117. The Morgan fingerprint density at radius 1 is 1.11 bits per heavy atom. The van der Waals surface area contributed by atoms with Crippen LogP contribution in [0.1, 0.15) is 65.7 Å². The summed E-state index contributed by atoms with van der Waals surface area (Å²) >= 11 is 0. The Bertz CT molecular complexity index is 1880. The van der Waals surface area contributed by atoms with Crippen LogP contribution in [0.25, 0.3) is 10.8 Å². The van der Waals surface area contributed by atoms with Crippen LogP contribution >= 0.6 is 0 Å². The van der Waals surface area contributed by atoms with Gasteiger partial charge in [-0.1, -0.05) is 44.2 Å². The first-order valence-corrected chi connectivity index (χ1v) is 19.7. The first-order valence-electron chi connectivity index (χ1n) is 18.2. The van der Waals surface area contributed by atoms with Crippen molar-refractivity contribution in [2.24, 2.45) is 17.8 Å². The van der Waals surface area contributed by atoms with Crippen molar-refractivity contribution in [3.63, 3.8) is 0 Å². The Labute approximate surface area is 309 Å². The molecule has 0 unspecified atom stereocenters. The molecule has 3 heterocycles. The number of benzene rings is 1. The highest BCUT2D eigenvalue weighted by Gasteiger charge is 2.63. The minimum atomic E-state index is -4.01. The lowest BCUT2D eigenvalue weighted by atomic mass is 9.88. The predicted octanol–water partition coefficient (Wildman–Crippen LogP) is 3.13. The Hall–Kier alpha value is -4.44. The molecule has 2 aliphatic carbocycles. The fraction of sp³-hybridized carbons (Fsp3) is 0.595. The Morgan fingerprint density at radius 2 is 1.85 bits per heavy atom. The number of carbonyl (C=O) groups is 4. The third kappa shape index (κ3) is 8.08. The fourth-order valence-corrected chi connectivity index (χ4v) is 8.78. The Morgan fingerprint density at radius 3 is 2.55 bits per heavy atom. The van der Waals surface area contributed by atoms with E-state index in [-0.39, 0.29) is 31.2 Å². The third-order valence-corrected chi connectivity index (χ3v) is 13.2. The maximum atomic E-state index is 14.4. The summed E-state index contributed by atoms with van der Waals surface area (Å²) in [5.74, 6) is -2.07. The van der Waals surface area contributed by atoms with E-state index in [1.54, 1.807) is 14.0 Å². The van der Waals surface area contributed by atoms with E-state index >= 15 is 0 Å². The van der Waals surface area contributed by atoms with Crippen LogP contribution in [0.15, 0.2) is 42.6 Å². The van der Waals surface area contributed by atoms with Crippen LogP contribution in [0.5, 0.6) is 11.6 Å². The van der Waals surface area contributed by atoms with Gasteiger partial charge in [0, 0.05) is 30.2 Å². The lowest BCUT2D eigenvalue weighted by Gasteiger charge is -2.32. The largest absolute Gasteiger partial charge is 0.489 e.